The molecule has 1 aromatic heterocycles. The number of amides is 3. The van der Waals surface area contributed by atoms with Gasteiger partial charge in [-0.05, 0) is 61.2 Å². The maximum Gasteiger partial charge on any atom is 0.305 e. The molecule has 3 N–H and O–H groups in total. The predicted molar refractivity (Wildman–Crippen MR) is 160 cm³/mol. The summed E-state index contributed by atoms with van der Waals surface area (Å²) in [6.07, 6.45) is 5.46. The minimum absolute atomic E-state index is 0.153. The minimum atomic E-state index is -1.06. The molecule has 1 saturated heterocycles. The van der Waals surface area contributed by atoms with Crippen LogP contribution in [-0.2, 0) is 14.4 Å². The van der Waals surface area contributed by atoms with Crippen LogP contribution in [0.1, 0.15) is 47.6 Å². The molecule has 0 bridgehead atoms. The van der Waals surface area contributed by atoms with E-state index in [1.165, 1.54) is 6.20 Å². The number of hydrogen-bond acceptors (Lipinski definition) is 7. The molecule has 0 spiro atoms. The zero-order valence-electron chi connectivity index (χ0n) is 23.8. The summed E-state index contributed by atoms with van der Waals surface area (Å²) in [5.41, 5.74) is 1.96. The van der Waals surface area contributed by atoms with Crippen LogP contribution < -0.4 is 20.3 Å². The highest BCUT2D eigenvalue weighted by Crippen LogP contribution is 2.33. The standard InChI is InChI=1S/C32H35N5O6/c38-29(21-43-25-7-2-1-3-8-25)34-27-18-23(31(41)35-26(19-30(39)40)24-6-4-13-33-20-24)11-12-28(27)36-14-5-15-37(17-16-36)32(42)22-9-10-22/h1-4,6-8,11-13,18,20,22,26H,5,9-10,14-17,19,21H2,(H,34,38)(H,35,41)(H,39,40). The van der Waals surface area contributed by atoms with Gasteiger partial charge < -0.3 is 30.3 Å². The third-order valence-corrected chi connectivity index (χ3v) is 7.49. The van der Waals surface area contributed by atoms with E-state index in [9.17, 15) is 24.3 Å². The molecule has 1 saturated carbocycles. The lowest BCUT2D eigenvalue weighted by Crippen LogP contribution is -2.36. The zero-order valence-corrected chi connectivity index (χ0v) is 23.8. The number of aliphatic carboxylic acids is 1. The molecular formula is C32H35N5O6. The number of hydrogen-bond donors (Lipinski definition) is 3. The van der Waals surface area contributed by atoms with Crippen LogP contribution in [0.4, 0.5) is 11.4 Å². The van der Waals surface area contributed by atoms with Crippen molar-refractivity contribution >= 4 is 35.1 Å². The summed E-state index contributed by atoms with van der Waals surface area (Å²) in [4.78, 5) is 58.7. The van der Waals surface area contributed by atoms with E-state index in [0.29, 0.717) is 43.2 Å². The van der Waals surface area contributed by atoms with Gasteiger partial charge in [0.2, 0.25) is 5.91 Å². The van der Waals surface area contributed by atoms with Crippen molar-refractivity contribution < 1.29 is 29.0 Å². The first-order valence-corrected chi connectivity index (χ1v) is 14.5. The molecule has 43 heavy (non-hydrogen) atoms. The number of anilines is 2. The number of pyridine rings is 1. The van der Waals surface area contributed by atoms with Crippen LogP contribution in [0.15, 0.2) is 73.1 Å². The number of benzene rings is 2. The van der Waals surface area contributed by atoms with Crippen molar-refractivity contribution in [2.45, 2.75) is 31.7 Å². The number of nitrogens with zero attached hydrogens (tertiary/aromatic N) is 3. The first-order valence-electron chi connectivity index (χ1n) is 14.5. The van der Waals surface area contributed by atoms with Crippen molar-refractivity contribution in [3.63, 3.8) is 0 Å². The summed E-state index contributed by atoms with van der Waals surface area (Å²) in [6.45, 7) is 2.27. The molecule has 0 radical (unpaired) electrons. The third kappa shape index (κ3) is 8.09. The van der Waals surface area contributed by atoms with Crippen molar-refractivity contribution in [2.24, 2.45) is 5.92 Å². The Labute approximate surface area is 249 Å². The second-order valence-electron chi connectivity index (χ2n) is 10.7. The van der Waals surface area contributed by atoms with Crippen LogP contribution in [0.3, 0.4) is 0 Å². The van der Waals surface area contributed by atoms with Crippen LogP contribution >= 0.6 is 0 Å². The molecule has 1 aliphatic carbocycles. The molecule has 1 unspecified atom stereocenters. The minimum Gasteiger partial charge on any atom is -0.484 e. The van der Waals surface area contributed by atoms with Crippen molar-refractivity contribution in [1.29, 1.82) is 0 Å². The number of nitrogens with one attached hydrogen (secondary N) is 2. The number of carboxylic acids is 1. The van der Waals surface area contributed by atoms with Crippen molar-refractivity contribution in [3.05, 3.63) is 84.2 Å². The molecule has 3 amide bonds. The first kappa shape index (κ1) is 29.6. The van der Waals surface area contributed by atoms with E-state index >= 15 is 0 Å². The average molecular weight is 586 g/mol. The third-order valence-electron chi connectivity index (χ3n) is 7.49. The maximum atomic E-state index is 13.4. The second kappa shape index (κ2) is 13.8. The molecule has 11 nitrogen and oxygen atoms in total. The van der Waals surface area contributed by atoms with E-state index in [4.69, 9.17) is 4.74 Å². The Balaban J connectivity index is 1.36. The Hall–Kier alpha value is -4.93. The van der Waals surface area contributed by atoms with Gasteiger partial charge in [-0.1, -0.05) is 24.3 Å². The maximum absolute atomic E-state index is 13.4. The average Bonchev–Trinajstić information content (AvgIpc) is 3.88. The van der Waals surface area contributed by atoms with Gasteiger partial charge in [-0.25, -0.2) is 0 Å². The number of carbonyl (C=O) groups excluding carboxylic acids is 3. The fourth-order valence-electron chi connectivity index (χ4n) is 5.12. The monoisotopic (exact) mass is 585 g/mol. The Bertz CT molecular complexity index is 1450. The van der Waals surface area contributed by atoms with Gasteiger partial charge in [-0.2, -0.15) is 0 Å². The number of rotatable bonds is 11. The van der Waals surface area contributed by atoms with E-state index in [0.717, 1.165) is 24.9 Å². The van der Waals surface area contributed by atoms with Crippen LogP contribution in [0.25, 0.3) is 0 Å². The van der Waals surface area contributed by atoms with Gasteiger partial charge in [-0.3, -0.25) is 24.2 Å². The number of carbonyl (C=O) groups is 4. The van der Waals surface area contributed by atoms with Crippen LogP contribution in [0, 0.1) is 5.92 Å². The van der Waals surface area contributed by atoms with Crippen LogP contribution in [-0.4, -0.2) is 71.5 Å². The summed E-state index contributed by atoms with van der Waals surface area (Å²) in [7, 11) is 0. The van der Waals surface area contributed by atoms with E-state index in [1.54, 1.807) is 48.7 Å². The lowest BCUT2D eigenvalue weighted by atomic mass is 10.0. The van der Waals surface area contributed by atoms with Gasteiger partial charge in [0.25, 0.3) is 11.8 Å². The van der Waals surface area contributed by atoms with E-state index in [2.05, 4.69) is 20.5 Å². The zero-order chi connectivity index (χ0) is 30.2. The molecule has 2 aromatic carbocycles. The molecular weight excluding hydrogens is 550 g/mol. The highest BCUT2D eigenvalue weighted by molar-refractivity contribution is 6.00. The second-order valence-corrected chi connectivity index (χ2v) is 10.7. The van der Waals surface area contributed by atoms with Gasteiger partial charge in [0.15, 0.2) is 6.61 Å². The van der Waals surface area contributed by atoms with Gasteiger partial charge in [-0.15, -0.1) is 0 Å². The molecule has 2 fully saturated rings. The number of ether oxygens (including phenoxy) is 1. The molecule has 3 aromatic rings. The smallest absolute Gasteiger partial charge is 0.305 e. The Kier molecular flexibility index (Phi) is 9.50. The van der Waals surface area contributed by atoms with E-state index in [-0.39, 0.29) is 30.4 Å². The SMILES string of the molecule is O=C(O)CC(NC(=O)c1ccc(N2CCCN(C(=O)C3CC3)CC2)c(NC(=O)COc2ccccc2)c1)c1cccnc1. The van der Waals surface area contributed by atoms with Crippen LogP contribution in [0.5, 0.6) is 5.75 Å². The Morgan fingerprint density at radius 2 is 1.79 bits per heavy atom. The fourth-order valence-corrected chi connectivity index (χ4v) is 5.12. The molecule has 5 rings (SSSR count). The lowest BCUT2D eigenvalue weighted by Gasteiger charge is -2.27. The van der Waals surface area contributed by atoms with Gasteiger partial charge in [0, 0.05) is 50.1 Å². The lowest BCUT2D eigenvalue weighted by molar-refractivity contribution is -0.137. The van der Waals surface area contributed by atoms with E-state index < -0.39 is 23.8 Å². The summed E-state index contributed by atoms with van der Waals surface area (Å²) in [6, 6.07) is 16.6. The van der Waals surface area contributed by atoms with Crippen molar-refractivity contribution in [2.75, 3.05) is 43.0 Å². The molecule has 11 heteroatoms. The van der Waals surface area contributed by atoms with Gasteiger partial charge in [0.05, 0.1) is 23.8 Å². The number of carboxylic acid groups (broad SMARTS) is 1. The highest BCUT2D eigenvalue weighted by atomic mass is 16.5. The predicted octanol–water partition coefficient (Wildman–Crippen LogP) is 3.49. The summed E-state index contributed by atoms with van der Waals surface area (Å²) >= 11 is 0. The van der Waals surface area contributed by atoms with Crippen molar-refractivity contribution in [3.8, 4) is 5.75 Å². The fraction of sp³-hybridized carbons (Fsp3) is 0.344. The first-order chi connectivity index (χ1) is 20.9. The van der Waals surface area contributed by atoms with E-state index in [1.807, 2.05) is 23.1 Å². The molecule has 2 aliphatic rings. The Morgan fingerprint density at radius 1 is 0.977 bits per heavy atom. The Morgan fingerprint density at radius 3 is 2.51 bits per heavy atom. The van der Waals surface area contributed by atoms with Crippen LogP contribution in [0.2, 0.25) is 0 Å². The largest absolute Gasteiger partial charge is 0.484 e. The summed E-state index contributed by atoms with van der Waals surface area (Å²) in [5.74, 6) is -1.03. The van der Waals surface area contributed by atoms with Gasteiger partial charge in [0.1, 0.15) is 5.75 Å². The highest BCUT2D eigenvalue weighted by Gasteiger charge is 2.34. The van der Waals surface area contributed by atoms with Gasteiger partial charge >= 0.3 is 5.97 Å². The number of para-hydroxylation sites is 1. The molecule has 1 aliphatic heterocycles. The van der Waals surface area contributed by atoms with Crippen molar-refractivity contribution in [1.82, 2.24) is 15.2 Å². The molecule has 2 heterocycles. The topological polar surface area (TPSA) is 141 Å². The normalized spacial score (nSPS) is 15.6. The summed E-state index contributed by atoms with van der Waals surface area (Å²) in [5, 5.41) is 15.1. The summed E-state index contributed by atoms with van der Waals surface area (Å²) < 4.78 is 5.62. The molecule has 1 atom stereocenters. The quantitative estimate of drug-likeness (QED) is 0.311. The number of aromatic nitrogens is 1. The molecule has 224 valence electrons.